The van der Waals surface area contributed by atoms with Crippen LogP contribution in [0.25, 0.3) is 10.9 Å². The quantitative estimate of drug-likeness (QED) is 0.803. The van der Waals surface area contributed by atoms with Crippen molar-refractivity contribution in [3.63, 3.8) is 0 Å². The lowest BCUT2D eigenvalue weighted by Gasteiger charge is -2.04. The van der Waals surface area contributed by atoms with E-state index in [2.05, 4.69) is 4.98 Å². The average Bonchev–Trinajstić information content (AvgIpc) is 2.53. The van der Waals surface area contributed by atoms with E-state index in [1.165, 1.54) is 10.8 Å². The van der Waals surface area contributed by atoms with E-state index >= 15 is 0 Å². The Labute approximate surface area is 97.0 Å². The summed E-state index contributed by atoms with van der Waals surface area (Å²) in [7, 11) is 1.56. The predicted molar refractivity (Wildman–Crippen MR) is 61.0 cm³/mol. The van der Waals surface area contributed by atoms with Crippen molar-refractivity contribution in [3.8, 4) is 0 Å². The number of nitrogens with zero attached hydrogens (tertiary/aromatic N) is 2. The maximum atomic E-state index is 13.6. The zero-order valence-corrected chi connectivity index (χ0v) is 9.53. The molecule has 0 spiro atoms. The first kappa shape index (κ1) is 11.4. The molecular weight excluding hydrogens is 225 g/mol. The lowest BCUT2D eigenvalue weighted by Crippen LogP contribution is -2.11. The Bertz CT molecular complexity index is 592. The van der Waals surface area contributed by atoms with Crippen LogP contribution < -0.4 is 5.73 Å². The van der Waals surface area contributed by atoms with Crippen molar-refractivity contribution < 1.29 is 13.9 Å². The maximum absolute atomic E-state index is 13.6. The number of nitrogen functional groups attached to an aromatic ring is 1. The van der Waals surface area contributed by atoms with Gasteiger partial charge in [0.25, 0.3) is 0 Å². The summed E-state index contributed by atoms with van der Waals surface area (Å²) in [5.74, 6) is -1.09. The molecule has 0 atom stereocenters. The number of halogens is 1. The summed E-state index contributed by atoms with van der Waals surface area (Å²) in [6.07, 6.45) is 2.51. The monoisotopic (exact) mass is 237 g/mol. The van der Waals surface area contributed by atoms with Crippen LogP contribution in [0.1, 0.15) is 17.4 Å². The van der Waals surface area contributed by atoms with Gasteiger partial charge in [0.1, 0.15) is 0 Å². The van der Waals surface area contributed by atoms with Crippen LogP contribution >= 0.6 is 0 Å². The summed E-state index contributed by atoms with van der Waals surface area (Å²) in [4.78, 5) is 15.4. The molecule has 2 aromatic heterocycles. The molecule has 0 radical (unpaired) electrons. The highest BCUT2D eigenvalue weighted by molar-refractivity contribution is 6.05. The molecule has 2 aromatic rings. The molecular formula is C11H12FN3O2. The molecule has 0 saturated heterocycles. The highest BCUT2D eigenvalue weighted by atomic mass is 19.1. The number of aryl methyl sites for hydroxylation is 1. The minimum atomic E-state index is -0.567. The van der Waals surface area contributed by atoms with Crippen LogP contribution in [0.3, 0.4) is 0 Å². The van der Waals surface area contributed by atoms with Crippen LogP contribution in [0, 0.1) is 5.82 Å². The summed E-state index contributed by atoms with van der Waals surface area (Å²) in [6.45, 7) is 1.93. The van der Waals surface area contributed by atoms with E-state index in [4.69, 9.17) is 10.5 Å². The number of hydrogen-bond donors (Lipinski definition) is 1. The third kappa shape index (κ3) is 1.61. The van der Waals surface area contributed by atoms with E-state index in [1.807, 2.05) is 0 Å². The van der Waals surface area contributed by atoms with Gasteiger partial charge < -0.3 is 15.0 Å². The molecule has 0 fully saturated rings. The van der Waals surface area contributed by atoms with Crippen LogP contribution in [0.5, 0.6) is 0 Å². The topological polar surface area (TPSA) is 70.1 Å². The Kier molecular flexibility index (Phi) is 2.71. The van der Waals surface area contributed by atoms with Gasteiger partial charge in [-0.3, -0.25) is 4.98 Å². The third-order valence-electron chi connectivity index (χ3n) is 2.56. The number of ether oxygens (including phenoxy) is 1. The van der Waals surface area contributed by atoms with Gasteiger partial charge in [-0.05, 0) is 6.92 Å². The van der Waals surface area contributed by atoms with Crippen LogP contribution in [0.4, 0.5) is 10.1 Å². The lowest BCUT2D eigenvalue weighted by atomic mass is 10.2. The van der Waals surface area contributed by atoms with Crippen molar-refractivity contribution >= 4 is 22.6 Å². The molecule has 0 aromatic carbocycles. The van der Waals surface area contributed by atoms with Crippen molar-refractivity contribution in [2.24, 2.45) is 7.05 Å². The van der Waals surface area contributed by atoms with Crippen molar-refractivity contribution in [2.75, 3.05) is 12.3 Å². The molecule has 2 N–H and O–H groups in total. The number of aromatic nitrogens is 2. The summed E-state index contributed by atoms with van der Waals surface area (Å²) in [6, 6.07) is 0. The van der Waals surface area contributed by atoms with Crippen LogP contribution in [0.2, 0.25) is 0 Å². The normalized spacial score (nSPS) is 10.8. The second kappa shape index (κ2) is 4.04. The van der Waals surface area contributed by atoms with Gasteiger partial charge in [0.2, 0.25) is 0 Å². The molecule has 0 aliphatic heterocycles. The molecule has 0 saturated carbocycles. The summed E-state index contributed by atoms with van der Waals surface area (Å²) < 4.78 is 19.9. The number of pyridine rings is 1. The largest absolute Gasteiger partial charge is 0.461 e. The molecule has 0 unspecified atom stereocenters. The van der Waals surface area contributed by atoms with Gasteiger partial charge in [-0.2, -0.15) is 0 Å². The number of fused-ring (bicyclic) bond motifs is 1. The van der Waals surface area contributed by atoms with Crippen molar-refractivity contribution in [1.82, 2.24) is 9.55 Å². The van der Waals surface area contributed by atoms with Crippen molar-refractivity contribution in [2.45, 2.75) is 6.92 Å². The molecule has 2 rings (SSSR count). The second-order valence-corrected chi connectivity index (χ2v) is 3.56. The van der Waals surface area contributed by atoms with Crippen LogP contribution in [-0.4, -0.2) is 22.1 Å². The standard InChI is InChI=1S/C11H12FN3O2/c1-3-17-11(16)10-8(13)6-4-14-5-7(12)9(6)15(10)2/h4-5H,3,13H2,1-2H3. The molecule has 90 valence electrons. The Balaban J connectivity index is 2.73. The number of carbonyl (C=O) groups excluding carboxylic acids is 1. The van der Waals surface area contributed by atoms with Crippen molar-refractivity contribution in [3.05, 3.63) is 23.9 Å². The molecule has 0 amide bonds. The van der Waals surface area contributed by atoms with Crippen LogP contribution in [0.15, 0.2) is 12.4 Å². The summed E-state index contributed by atoms with van der Waals surface area (Å²) in [5, 5.41) is 0.413. The van der Waals surface area contributed by atoms with Crippen molar-refractivity contribution in [1.29, 1.82) is 0 Å². The number of hydrogen-bond acceptors (Lipinski definition) is 4. The number of anilines is 1. The molecule has 2 heterocycles. The molecule has 6 heteroatoms. The Morgan fingerprint density at radius 2 is 2.29 bits per heavy atom. The van der Waals surface area contributed by atoms with Gasteiger partial charge in [0.15, 0.2) is 11.5 Å². The third-order valence-corrected chi connectivity index (χ3v) is 2.56. The Morgan fingerprint density at radius 3 is 2.88 bits per heavy atom. The maximum Gasteiger partial charge on any atom is 0.357 e. The zero-order valence-electron chi connectivity index (χ0n) is 9.53. The fourth-order valence-electron chi connectivity index (χ4n) is 1.83. The fraction of sp³-hybridized carbons (Fsp3) is 0.273. The molecule has 0 bridgehead atoms. The first-order chi connectivity index (χ1) is 8.07. The predicted octanol–water partition coefficient (Wildman–Crippen LogP) is 1.47. The zero-order chi connectivity index (χ0) is 12.6. The first-order valence-electron chi connectivity index (χ1n) is 5.12. The van der Waals surface area contributed by atoms with Gasteiger partial charge >= 0.3 is 5.97 Å². The second-order valence-electron chi connectivity index (χ2n) is 3.56. The molecule has 5 nitrogen and oxygen atoms in total. The van der Waals surface area contributed by atoms with Gasteiger partial charge in [-0.1, -0.05) is 0 Å². The number of esters is 1. The Hall–Kier alpha value is -2.11. The van der Waals surface area contributed by atoms with Gasteiger partial charge in [0, 0.05) is 18.6 Å². The average molecular weight is 237 g/mol. The van der Waals surface area contributed by atoms with Gasteiger partial charge in [-0.15, -0.1) is 0 Å². The Morgan fingerprint density at radius 1 is 1.59 bits per heavy atom. The number of rotatable bonds is 2. The summed E-state index contributed by atoms with van der Waals surface area (Å²) in [5.41, 5.74) is 6.40. The lowest BCUT2D eigenvalue weighted by molar-refractivity contribution is 0.0517. The first-order valence-corrected chi connectivity index (χ1v) is 5.12. The summed E-state index contributed by atoms with van der Waals surface area (Å²) >= 11 is 0. The molecule has 0 aliphatic rings. The van der Waals surface area contributed by atoms with E-state index in [9.17, 15) is 9.18 Å². The van der Waals surface area contributed by atoms with E-state index < -0.39 is 11.8 Å². The molecule has 17 heavy (non-hydrogen) atoms. The highest BCUT2D eigenvalue weighted by Gasteiger charge is 2.22. The van der Waals surface area contributed by atoms with Gasteiger partial charge in [-0.25, -0.2) is 9.18 Å². The van der Waals surface area contributed by atoms with E-state index in [0.29, 0.717) is 5.39 Å². The SMILES string of the molecule is CCOC(=O)c1c(N)c2cncc(F)c2n1C. The fourth-order valence-corrected chi connectivity index (χ4v) is 1.83. The number of carbonyl (C=O) groups is 1. The van der Waals surface area contributed by atoms with E-state index in [-0.39, 0.29) is 23.5 Å². The highest BCUT2D eigenvalue weighted by Crippen LogP contribution is 2.29. The van der Waals surface area contributed by atoms with Crippen LogP contribution in [-0.2, 0) is 11.8 Å². The smallest absolute Gasteiger partial charge is 0.357 e. The minimum absolute atomic E-state index is 0.147. The van der Waals surface area contributed by atoms with Gasteiger partial charge in [0.05, 0.1) is 24.0 Å². The number of nitrogens with two attached hydrogens (primary N) is 1. The van der Waals surface area contributed by atoms with E-state index in [1.54, 1.807) is 14.0 Å². The molecule has 0 aliphatic carbocycles. The van der Waals surface area contributed by atoms with E-state index in [0.717, 1.165) is 6.20 Å². The minimum Gasteiger partial charge on any atom is -0.461 e.